The number of nitrogens with one attached hydrogen (secondary N) is 1. The second kappa shape index (κ2) is 5.18. The number of anilines is 1. The Morgan fingerprint density at radius 2 is 2.16 bits per heavy atom. The average molecular weight is 302 g/mol. The Labute approximate surface area is 115 Å². The minimum absolute atomic E-state index is 0.111. The van der Waals surface area contributed by atoms with Gasteiger partial charge in [0.1, 0.15) is 17.2 Å². The van der Waals surface area contributed by atoms with Crippen molar-refractivity contribution < 1.29 is 12.9 Å². The first-order valence-electron chi connectivity index (χ1n) is 5.41. The van der Waals surface area contributed by atoms with E-state index >= 15 is 0 Å². The Kier molecular flexibility index (Phi) is 3.77. The maximum absolute atomic E-state index is 12.0. The Balaban J connectivity index is 2.22. The van der Waals surface area contributed by atoms with Crippen LogP contribution in [-0.4, -0.2) is 18.6 Å². The Bertz CT molecular complexity index is 677. The maximum Gasteiger partial charge on any atom is 0.238 e. The first kappa shape index (κ1) is 13.8. The molecule has 8 heteroatoms. The summed E-state index contributed by atoms with van der Waals surface area (Å²) in [4.78, 5) is 3.84. The van der Waals surface area contributed by atoms with Gasteiger partial charge in [-0.1, -0.05) is 16.8 Å². The van der Waals surface area contributed by atoms with Gasteiger partial charge in [0.25, 0.3) is 0 Å². The van der Waals surface area contributed by atoms with Crippen LogP contribution in [0.2, 0.25) is 5.15 Å². The topological polar surface area (TPSA) is 85.1 Å². The molecule has 0 saturated carbocycles. The molecule has 0 aliphatic rings. The standard InChI is InChI=1S/C11H12ClN3O3S/c1-7-3-4-13-11(12)10(7)15-19(16,17)6-9-5-8(2)18-14-9/h3-5,15H,6H2,1-2H3. The van der Waals surface area contributed by atoms with E-state index in [2.05, 4.69) is 14.9 Å². The molecule has 0 amide bonds. The van der Waals surface area contributed by atoms with Crippen molar-refractivity contribution in [3.63, 3.8) is 0 Å². The minimum Gasteiger partial charge on any atom is -0.361 e. The minimum atomic E-state index is -3.62. The number of pyridine rings is 1. The number of nitrogens with zero attached hydrogens (tertiary/aromatic N) is 2. The smallest absolute Gasteiger partial charge is 0.238 e. The molecule has 6 nitrogen and oxygen atoms in total. The molecule has 2 aromatic rings. The van der Waals surface area contributed by atoms with Crippen LogP contribution in [0.3, 0.4) is 0 Å². The Morgan fingerprint density at radius 3 is 2.74 bits per heavy atom. The normalized spacial score (nSPS) is 11.5. The van der Waals surface area contributed by atoms with E-state index in [1.54, 1.807) is 26.0 Å². The molecule has 0 radical (unpaired) electrons. The van der Waals surface area contributed by atoms with Gasteiger partial charge in [-0.2, -0.15) is 0 Å². The number of rotatable bonds is 4. The lowest BCUT2D eigenvalue weighted by molar-refractivity contribution is 0.392. The third-order valence-electron chi connectivity index (χ3n) is 2.39. The van der Waals surface area contributed by atoms with Crippen molar-refractivity contribution in [2.45, 2.75) is 19.6 Å². The van der Waals surface area contributed by atoms with Crippen LogP contribution in [0.1, 0.15) is 17.0 Å². The van der Waals surface area contributed by atoms with E-state index in [0.717, 1.165) is 0 Å². The summed E-state index contributed by atoms with van der Waals surface area (Å²) in [5, 5.41) is 3.76. The third-order valence-corrected chi connectivity index (χ3v) is 3.86. The van der Waals surface area contributed by atoms with Gasteiger partial charge in [-0.05, 0) is 25.5 Å². The number of hydrogen-bond donors (Lipinski definition) is 1. The summed E-state index contributed by atoms with van der Waals surface area (Å²) in [5.41, 5.74) is 1.31. The van der Waals surface area contributed by atoms with Crippen LogP contribution in [0, 0.1) is 13.8 Å². The van der Waals surface area contributed by atoms with E-state index in [-0.39, 0.29) is 16.6 Å². The van der Waals surface area contributed by atoms with Crippen LogP contribution in [-0.2, 0) is 15.8 Å². The molecule has 0 saturated heterocycles. The Hall–Kier alpha value is -1.60. The van der Waals surface area contributed by atoms with Crippen LogP contribution in [0.15, 0.2) is 22.9 Å². The van der Waals surface area contributed by atoms with Crippen molar-refractivity contribution in [2.75, 3.05) is 4.72 Å². The molecule has 2 rings (SSSR count). The zero-order valence-corrected chi connectivity index (χ0v) is 11.9. The van der Waals surface area contributed by atoms with Crippen molar-refractivity contribution in [1.29, 1.82) is 0 Å². The second-order valence-electron chi connectivity index (χ2n) is 4.08. The van der Waals surface area contributed by atoms with Crippen molar-refractivity contribution >= 4 is 27.3 Å². The lowest BCUT2D eigenvalue weighted by Gasteiger charge is -2.10. The van der Waals surface area contributed by atoms with Crippen molar-refractivity contribution in [3.05, 3.63) is 40.5 Å². The van der Waals surface area contributed by atoms with Crippen LogP contribution < -0.4 is 4.72 Å². The molecule has 0 aliphatic carbocycles. The van der Waals surface area contributed by atoms with Crippen LogP contribution >= 0.6 is 11.6 Å². The summed E-state index contributed by atoms with van der Waals surface area (Å²) in [6.07, 6.45) is 1.51. The predicted molar refractivity (Wildman–Crippen MR) is 71.5 cm³/mol. The Morgan fingerprint density at radius 1 is 1.42 bits per heavy atom. The highest BCUT2D eigenvalue weighted by Gasteiger charge is 2.17. The fourth-order valence-corrected chi connectivity index (χ4v) is 2.99. The summed E-state index contributed by atoms with van der Waals surface area (Å²) in [6, 6.07) is 3.24. The van der Waals surface area contributed by atoms with Gasteiger partial charge in [0.05, 0.1) is 5.69 Å². The molecule has 102 valence electrons. The molecule has 0 aliphatic heterocycles. The summed E-state index contributed by atoms with van der Waals surface area (Å²) in [7, 11) is -3.62. The first-order chi connectivity index (χ1) is 8.87. The molecule has 1 N–H and O–H groups in total. The summed E-state index contributed by atoms with van der Waals surface area (Å²) in [6.45, 7) is 3.43. The van der Waals surface area contributed by atoms with E-state index in [9.17, 15) is 8.42 Å². The van der Waals surface area contributed by atoms with Gasteiger partial charge in [-0.3, -0.25) is 4.72 Å². The van der Waals surface area contributed by atoms with E-state index in [1.165, 1.54) is 6.20 Å². The molecule has 2 aromatic heterocycles. The number of aromatic nitrogens is 2. The molecule has 19 heavy (non-hydrogen) atoms. The number of halogens is 1. The van der Waals surface area contributed by atoms with Gasteiger partial charge in [0.15, 0.2) is 5.15 Å². The highest BCUT2D eigenvalue weighted by Crippen LogP contribution is 2.24. The monoisotopic (exact) mass is 301 g/mol. The highest BCUT2D eigenvalue weighted by molar-refractivity contribution is 7.91. The van der Waals surface area contributed by atoms with Gasteiger partial charge in [-0.25, -0.2) is 13.4 Å². The zero-order chi connectivity index (χ0) is 14.0. The number of sulfonamides is 1. The van der Waals surface area contributed by atoms with E-state index < -0.39 is 10.0 Å². The molecule has 0 atom stereocenters. The van der Waals surface area contributed by atoms with E-state index in [1.807, 2.05) is 0 Å². The molecule has 0 fully saturated rings. The van der Waals surface area contributed by atoms with Crippen LogP contribution in [0.4, 0.5) is 5.69 Å². The van der Waals surface area contributed by atoms with Gasteiger partial charge in [0.2, 0.25) is 10.0 Å². The van der Waals surface area contributed by atoms with Crippen molar-refractivity contribution in [2.24, 2.45) is 0 Å². The molecular weight excluding hydrogens is 290 g/mol. The number of aryl methyl sites for hydroxylation is 2. The molecule has 2 heterocycles. The summed E-state index contributed by atoms with van der Waals surface area (Å²) >= 11 is 5.87. The predicted octanol–water partition coefficient (Wildman–Crippen LogP) is 2.28. The van der Waals surface area contributed by atoms with E-state index in [4.69, 9.17) is 16.1 Å². The second-order valence-corrected chi connectivity index (χ2v) is 6.16. The van der Waals surface area contributed by atoms with Crippen LogP contribution in [0.5, 0.6) is 0 Å². The van der Waals surface area contributed by atoms with Crippen molar-refractivity contribution in [1.82, 2.24) is 10.1 Å². The third kappa shape index (κ3) is 3.45. The molecule has 0 unspecified atom stereocenters. The van der Waals surface area contributed by atoms with Gasteiger partial charge in [0, 0.05) is 12.3 Å². The summed E-state index contributed by atoms with van der Waals surface area (Å²) in [5.74, 6) is 0.274. The summed E-state index contributed by atoms with van der Waals surface area (Å²) < 4.78 is 31.2. The van der Waals surface area contributed by atoms with Gasteiger partial charge >= 0.3 is 0 Å². The van der Waals surface area contributed by atoms with E-state index in [0.29, 0.717) is 17.0 Å². The highest BCUT2D eigenvalue weighted by atomic mass is 35.5. The average Bonchev–Trinajstić information content (AvgIpc) is 2.69. The zero-order valence-electron chi connectivity index (χ0n) is 10.3. The quantitative estimate of drug-likeness (QED) is 0.876. The van der Waals surface area contributed by atoms with Crippen molar-refractivity contribution in [3.8, 4) is 0 Å². The number of hydrogen-bond acceptors (Lipinski definition) is 5. The largest absolute Gasteiger partial charge is 0.361 e. The molecule has 0 spiro atoms. The van der Waals surface area contributed by atoms with Crippen LogP contribution in [0.25, 0.3) is 0 Å². The molecule has 0 aromatic carbocycles. The van der Waals surface area contributed by atoms with Gasteiger partial charge in [-0.15, -0.1) is 0 Å². The fraction of sp³-hybridized carbons (Fsp3) is 0.273. The molecular formula is C11H12ClN3O3S. The maximum atomic E-state index is 12.0. The SMILES string of the molecule is Cc1cc(CS(=O)(=O)Nc2c(C)ccnc2Cl)no1. The van der Waals surface area contributed by atoms with Gasteiger partial charge < -0.3 is 4.52 Å². The lowest BCUT2D eigenvalue weighted by atomic mass is 10.3. The molecule has 0 bridgehead atoms. The fourth-order valence-electron chi connectivity index (χ4n) is 1.52. The first-order valence-corrected chi connectivity index (χ1v) is 7.44. The lowest BCUT2D eigenvalue weighted by Crippen LogP contribution is -2.16.